The molecule has 4 N–H and O–H groups in total. The Kier molecular flexibility index (Phi) is 13.4. The zero-order valence-corrected chi connectivity index (χ0v) is 23.4. The maximum absolute atomic E-state index is 12.7. The normalized spacial score (nSPS) is 19.9. The maximum atomic E-state index is 12.7. The third-order valence-corrected chi connectivity index (χ3v) is 5.95. The van der Waals surface area contributed by atoms with Crippen LogP contribution in [0.1, 0.15) is 87.5 Å². The first kappa shape index (κ1) is 31.8. The van der Waals surface area contributed by atoms with Crippen molar-refractivity contribution in [3.05, 3.63) is 0 Å². The molecule has 4 amide bonds. The van der Waals surface area contributed by atoms with Crippen LogP contribution in [0.4, 0.5) is 0 Å². The van der Waals surface area contributed by atoms with Crippen LogP contribution in [0.25, 0.3) is 0 Å². The quantitative estimate of drug-likeness (QED) is 0.221. The first-order chi connectivity index (χ1) is 16.8. The van der Waals surface area contributed by atoms with E-state index in [0.717, 1.165) is 0 Å². The smallest absolute Gasteiger partial charge is 0.255 e. The summed E-state index contributed by atoms with van der Waals surface area (Å²) in [5.41, 5.74) is 3.71. The van der Waals surface area contributed by atoms with Crippen LogP contribution in [-0.4, -0.2) is 48.4 Å². The SMILES string of the molecule is CC(C)CNC(=O)[C@@H](CC(C)C)ONC(=O)CCCC(=O)NOC1(C(=O)NCC(C)C)CC1C(C)C. The molecular formula is C26H48N4O6. The number of rotatable bonds is 17. The van der Waals surface area contributed by atoms with E-state index in [1.165, 1.54) is 0 Å². The molecule has 3 atom stereocenters. The van der Waals surface area contributed by atoms with E-state index in [2.05, 4.69) is 21.6 Å². The predicted molar refractivity (Wildman–Crippen MR) is 137 cm³/mol. The molecule has 0 aromatic carbocycles. The Morgan fingerprint density at radius 2 is 1.36 bits per heavy atom. The van der Waals surface area contributed by atoms with Crippen LogP contribution in [0.3, 0.4) is 0 Å². The summed E-state index contributed by atoms with van der Waals surface area (Å²) < 4.78 is 0. The van der Waals surface area contributed by atoms with Crippen molar-refractivity contribution in [2.45, 2.75) is 99.2 Å². The molecule has 1 fully saturated rings. The summed E-state index contributed by atoms with van der Waals surface area (Å²) in [7, 11) is 0. The second-order valence-electron chi connectivity index (χ2n) is 11.4. The van der Waals surface area contributed by atoms with E-state index in [4.69, 9.17) is 9.68 Å². The van der Waals surface area contributed by atoms with Crippen molar-refractivity contribution in [1.82, 2.24) is 21.6 Å². The van der Waals surface area contributed by atoms with Gasteiger partial charge in [0.05, 0.1) is 0 Å². The minimum absolute atomic E-state index is 0.0319. The Labute approximate surface area is 216 Å². The number of carbonyl (C=O) groups is 4. The summed E-state index contributed by atoms with van der Waals surface area (Å²) in [6, 6.07) is 0. The van der Waals surface area contributed by atoms with Crippen molar-refractivity contribution in [3.63, 3.8) is 0 Å². The molecule has 0 aromatic heterocycles. The van der Waals surface area contributed by atoms with Crippen molar-refractivity contribution in [2.75, 3.05) is 13.1 Å². The highest BCUT2D eigenvalue weighted by molar-refractivity contribution is 5.89. The van der Waals surface area contributed by atoms with Crippen molar-refractivity contribution in [2.24, 2.45) is 29.6 Å². The van der Waals surface area contributed by atoms with Crippen LogP contribution in [0.2, 0.25) is 0 Å². The lowest BCUT2D eigenvalue weighted by Crippen LogP contribution is -2.45. The van der Waals surface area contributed by atoms with Gasteiger partial charge in [0.25, 0.3) is 11.8 Å². The number of hydrogen-bond acceptors (Lipinski definition) is 6. The van der Waals surface area contributed by atoms with E-state index in [1.54, 1.807) is 0 Å². The Morgan fingerprint density at radius 1 is 0.806 bits per heavy atom. The average molecular weight is 513 g/mol. The summed E-state index contributed by atoms with van der Waals surface area (Å²) in [4.78, 5) is 60.5. The zero-order valence-electron chi connectivity index (χ0n) is 23.4. The monoisotopic (exact) mass is 512 g/mol. The Hall–Kier alpha value is -2.20. The summed E-state index contributed by atoms with van der Waals surface area (Å²) in [5, 5.41) is 5.72. The number of nitrogens with one attached hydrogen (secondary N) is 4. The lowest BCUT2D eigenvalue weighted by molar-refractivity contribution is -0.154. The zero-order chi connectivity index (χ0) is 27.5. The second-order valence-corrected chi connectivity index (χ2v) is 11.4. The Balaban J connectivity index is 2.43. The van der Waals surface area contributed by atoms with Crippen LogP contribution in [-0.2, 0) is 28.9 Å². The highest BCUT2D eigenvalue weighted by atomic mass is 16.7. The van der Waals surface area contributed by atoms with Gasteiger partial charge in [-0.05, 0) is 42.9 Å². The van der Waals surface area contributed by atoms with Gasteiger partial charge in [0.15, 0.2) is 11.7 Å². The van der Waals surface area contributed by atoms with Crippen LogP contribution >= 0.6 is 0 Å². The molecule has 0 heterocycles. The maximum Gasteiger partial charge on any atom is 0.255 e. The molecule has 1 saturated carbocycles. The van der Waals surface area contributed by atoms with Gasteiger partial charge in [0, 0.05) is 31.8 Å². The topological polar surface area (TPSA) is 135 Å². The molecule has 208 valence electrons. The second kappa shape index (κ2) is 15.1. The van der Waals surface area contributed by atoms with Crippen molar-refractivity contribution >= 4 is 23.6 Å². The summed E-state index contributed by atoms with van der Waals surface area (Å²) in [5.74, 6) is -0.202. The van der Waals surface area contributed by atoms with Crippen LogP contribution in [0.15, 0.2) is 0 Å². The Morgan fingerprint density at radius 3 is 1.86 bits per heavy atom. The molecule has 0 bridgehead atoms. The summed E-state index contributed by atoms with van der Waals surface area (Å²) in [6.07, 6.45) is 0.594. The minimum atomic E-state index is -1.04. The number of carbonyl (C=O) groups excluding carboxylic acids is 4. The van der Waals surface area contributed by atoms with Crippen LogP contribution in [0.5, 0.6) is 0 Å². The van der Waals surface area contributed by atoms with E-state index in [9.17, 15) is 19.2 Å². The molecule has 1 aliphatic rings. The number of hydroxylamine groups is 2. The van der Waals surface area contributed by atoms with Crippen molar-refractivity contribution < 1.29 is 28.9 Å². The van der Waals surface area contributed by atoms with Gasteiger partial charge in [-0.25, -0.2) is 11.0 Å². The van der Waals surface area contributed by atoms with Gasteiger partial charge >= 0.3 is 0 Å². The van der Waals surface area contributed by atoms with Gasteiger partial charge in [-0.15, -0.1) is 0 Å². The van der Waals surface area contributed by atoms with Gasteiger partial charge in [0.1, 0.15) is 0 Å². The van der Waals surface area contributed by atoms with E-state index in [0.29, 0.717) is 37.8 Å². The molecule has 0 spiro atoms. The van der Waals surface area contributed by atoms with Crippen molar-refractivity contribution in [1.29, 1.82) is 0 Å². The van der Waals surface area contributed by atoms with E-state index in [-0.39, 0.29) is 48.8 Å². The number of hydrogen-bond donors (Lipinski definition) is 4. The number of amides is 4. The van der Waals surface area contributed by atoms with Crippen LogP contribution in [0, 0.1) is 29.6 Å². The third-order valence-electron chi connectivity index (χ3n) is 5.95. The first-order valence-corrected chi connectivity index (χ1v) is 13.3. The standard InChI is InChI=1S/C26H48N4O6/c1-16(2)12-21(24(33)27-14-17(3)4)35-29-22(31)10-9-11-23(32)30-36-26(13-20(26)19(7)8)25(34)28-15-18(5)6/h16-21H,9-15H2,1-8H3,(H,27,33)(H,28,34)(H,29,31)(H,30,32)/t20?,21-,26?/m1/s1. The molecule has 10 nitrogen and oxygen atoms in total. The van der Waals surface area contributed by atoms with E-state index < -0.39 is 23.5 Å². The highest BCUT2D eigenvalue weighted by Gasteiger charge is 2.63. The molecule has 0 aromatic rings. The van der Waals surface area contributed by atoms with E-state index in [1.807, 2.05) is 55.4 Å². The fourth-order valence-corrected chi connectivity index (χ4v) is 3.76. The fourth-order valence-electron chi connectivity index (χ4n) is 3.76. The van der Waals surface area contributed by atoms with Gasteiger partial charge in [-0.3, -0.25) is 28.9 Å². The van der Waals surface area contributed by atoms with Crippen molar-refractivity contribution in [3.8, 4) is 0 Å². The molecule has 1 rings (SSSR count). The fraction of sp³-hybridized carbons (Fsp3) is 0.846. The Bertz CT molecular complexity index is 740. The van der Waals surface area contributed by atoms with E-state index >= 15 is 0 Å². The molecule has 36 heavy (non-hydrogen) atoms. The highest BCUT2D eigenvalue weighted by Crippen LogP contribution is 2.51. The van der Waals surface area contributed by atoms with Gasteiger partial charge in [-0.2, -0.15) is 0 Å². The molecule has 10 heteroatoms. The molecule has 0 aliphatic heterocycles. The predicted octanol–water partition coefficient (Wildman–Crippen LogP) is 2.63. The lowest BCUT2D eigenvalue weighted by atomic mass is 10.1. The molecular weight excluding hydrogens is 464 g/mol. The van der Waals surface area contributed by atoms with Crippen LogP contribution < -0.4 is 21.6 Å². The molecule has 0 saturated heterocycles. The average Bonchev–Trinajstić information content (AvgIpc) is 3.53. The first-order valence-electron chi connectivity index (χ1n) is 13.3. The molecule has 2 unspecified atom stereocenters. The summed E-state index contributed by atoms with van der Waals surface area (Å²) >= 11 is 0. The van der Waals surface area contributed by atoms with Gasteiger partial charge in [0.2, 0.25) is 11.8 Å². The van der Waals surface area contributed by atoms with Gasteiger partial charge < -0.3 is 10.6 Å². The summed E-state index contributed by atoms with van der Waals surface area (Å²) in [6.45, 7) is 17.1. The minimum Gasteiger partial charge on any atom is -0.354 e. The lowest BCUT2D eigenvalue weighted by Gasteiger charge is -2.20. The van der Waals surface area contributed by atoms with Gasteiger partial charge in [-0.1, -0.05) is 55.4 Å². The molecule has 0 radical (unpaired) electrons. The molecule has 1 aliphatic carbocycles. The largest absolute Gasteiger partial charge is 0.354 e. The third kappa shape index (κ3) is 11.2.